The molecule has 5 nitrogen and oxygen atoms in total. The van der Waals surface area contributed by atoms with Crippen molar-refractivity contribution in [2.24, 2.45) is 5.92 Å². The molecule has 0 saturated carbocycles. The van der Waals surface area contributed by atoms with E-state index < -0.39 is 0 Å². The molecule has 2 aromatic rings. The standard InChI is InChI=1S/C20H23NO4/c1-21-19(22)13-24-17-8-6-14(7-9-17)10-15-11-16-4-3-5-18(23-2)20(16)25-12-15/h3-9,15H,10-13H2,1-2H3,(H,21,22)/t15-/m1/s1. The van der Waals surface area contributed by atoms with Gasteiger partial charge in [-0.15, -0.1) is 0 Å². The highest BCUT2D eigenvalue weighted by atomic mass is 16.5. The van der Waals surface area contributed by atoms with Crippen molar-refractivity contribution in [2.75, 3.05) is 27.4 Å². The zero-order valence-electron chi connectivity index (χ0n) is 14.6. The van der Waals surface area contributed by atoms with Crippen LogP contribution in [0.1, 0.15) is 11.1 Å². The summed E-state index contributed by atoms with van der Waals surface area (Å²) < 4.78 is 16.7. The number of methoxy groups -OCH3 is 1. The van der Waals surface area contributed by atoms with Gasteiger partial charge in [0.05, 0.1) is 13.7 Å². The molecule has 1 aliphatic heterocycles. The van der Waals surface area contributed by atoms with Gasteiger partial charge >= 0.3 is 0 Å². The lowest BCUT2D eigenvalue weighted by molar-refractivity contribution is -0.122. The monoisotopic (exact) mass is 341 g/mol. The van der Waals surface area contributed by atoms with Crippen LogP contribution in [0.2, 0.25) is 0 Å². The summed E-state index contributed by atoms with van der Waals surface area (Å²) in [5.41, 5.74) is 2.42. The molecule has 0 unspecified atom stereocenters. The van der Waals surface area contributed by atoms with Crippen LogP contribution in [0.4, 0.5) is 0 Å². The number of carbonyl (C=O) groups excluding carboxylic acids is 1. The van der Waals surface area contributed by atoms with E-state index in [9.17, 15) is 4.79 Å². The number of amides is 1. The van der Waals surface area contributed by atoms with Gasteiger partial charge in [0.25, 0.3) is 5.91 Å². The van der Waals surface area contributed by atoms with E-state index in [0.717, 1.165) is 24.3 Å². The molecule has 1 heterocycles. The summed E-state index contributed by atoms with van der Waals surface area (Å²) in [7, 11) is 3.26. The summed E-state index contributed by atoms with van der Waals surface area (Å²) in [5.74, 6) is 2.66. The van der Waals surface area contributed by atoms with Crippen molar-refractivity contribution in [1.82, 2.24) is 5.32 Å². The smallest absolute Gasteiger partial charge is 0.257 e. The Morgan fingerprint density at radius 2 is 2.04 bits per heavy atom. The highest BCUT2D eigenvalue weighted by Crippen LogP contribution is 2.36. The molecule has 0 fully saturated rings. The Kier molecular flexibility index (Phi) is 5.43. The van der Waals surface area contributed by atoms with Crippen molar-refractivity contribution in [2.45, 2.75) is 12.8 Å². The molecule has 1 amide bonds. The van der Waals surface area contributed by atoms with Gasteiger partial charge in [0.15, 0.2) is 18.1 Å². The number of ether oxygens (including phenoxy) is 3. The lowest BCUT2D eigenvalue weighted by Crippen LogP contribution is -2.24. The van der Waals surface area contributed by atoms with Crippen LogP contribution in [-0.2, 0) is 17.6 Å². The molecule has 0 aliphatic carbocycles. The first-order valence-corrected chi connectivity index (χ1v) is 8.40. The molecule has 2 aromatic carbocycles. The highest BCUT2D eigenvalue weighted by molar-refractivity contribution is 5.77. The Hall–Kier alpha value is -2.69. The molecule has 132 valence electrons. The molecule has 25 heavy (non-hydrogen) atoms. The minimum absolute atomic E-state index is 0.0327. The number of hydrogen-bond acceptors (Lipinski definition) is 4. The molecule has 0 saturated heterocycles. The van der Waals surface area contributed by atoms with E-state index in [2.05, 4.69) is 11.4 Å². The van der Waals surface area contributed by atoms with Gasteiger partial charge in [-0.3, -0.25) is 4.79 Å². The van der Waals surface area contributed by atoms with E-state index in [0.29, 0.717) is 18.3 Å². The Labute approximate surface area is 147 Å². The Morgan fingerprint density at radius 1 is 1.24 bits per heavy atom. The normalized spacial score (nSPS) is 15.7. The summed E-state index contributed by atoms with van der Waals surface area (Å²) in [6, 6.07) is 13.9. The van der Waals surface area contributed by atoms with E-state index in [1.807, 2.05) is 36.4 Å². The minimum atomic E-state index is -0.141. The fourth-order valence-corrected chi connectivity index (χ4v) is 3.02. The second-order valence-corrected chi connectivity index (χ2v) is 6.14. The van der Waals surface area contributed by atoms with E-state index in [4.69, 9.17) is 14.2 Å². The first-order chi connectivity index (χ1) is 12.2. The molecule has 3 rings (SSSR count). The number of nitrogens with one attached hydrogen (secondary N) is 1. The second-order valence-electron chi connectivity index (χ2n) is 6.14. The average molecular weight is 341 g/mol. The minimum Gasteiger partial charge on any atom is -0.493 e. The van der Waals surface area contributed by atoms with E-state index >= 15 is 0 Å². The third-order valence-corrected chi connectivity index (χ3v) is 4.35. The van der Waals surface area contributed by atoms with Crippen molar-refractivity contribution in [1.29, 1.82) is 0 Å². The first kappa shape index (κ1) is 17.1. The Morgan fingerprint density at radius 3 is 2.76 bits per heavy atom. The molecule has 5 heteroatoms. The van der Waals surface area contributed by atoms with Gasteiger partial charge in [-0.05, 0) is 42.2 Å². The number of benzene rings is 2. The number of para-hydroxylation sites is 1. The quantitative estimate of drug-likeness (QED) is 0.877. The fraction of sp³-hybridized carbons (Fsp3) is 0.350. The van der Waals surface area contributed by atoms with Crippen LogP contribution >= 0.6 is 0 Å². The maximum atomic E-state index is 11.2. The number of carbonyl (C=O) groups is 1. The van der Waals surface area contributed by atoms with E-state index in [-0.39, 0.29) is 12.5 Å². The molecular formula is C20H23NO4. The van der Waals surface area contributed by atoms with Crippen LogP contribution in [0.25, 0.3) is 0 Å². The second kappa shape index (κ2) is 7.92. The number of rotatable bonds is 6. The lowest BCUT2D eigenvalue weighted by atomic mass is 9.91. The van der Waals surface area contributed by atoms with Crippen LogP contribution in [0, 0.1) is 5.92 Å². The molecule has 1 atom stereocenters. The van der Waals surface area contributed by atoms with Gasteiger partial charge in [-0.2, -0.15) is 0 Å². The van der Waals surface area contributed by atoms with Crippen LogP contribution in [0.5, 0.6) is 17.2 Å². The predicted octanol–water partition coefficient (Wildman–Crippen LogP) is 2.61. The van der Waals surface area contributed by atoms with Gasteiger partial charge in [-0.1, -0.05) is 24.3 Å². The van der Waals surface area contributed by atoms with Gasteiger partial charge in [0.2, 0.25) is 0 Å². The molecule has 1 N–H and O–H groups in total. The molecule has 0 spiro atoms. The van der Waals surface area contributed by atoms with Crippen molar-refractivity contribution in [3.63, 3.8) is 0 Å². The summed E-state index contributed by atoms with van der Waals surface area (Å²) in [6.45, 7) is 0.716. The number of fused-ring (bicyclic) bond motifs is 1. The van der Waals surface area contributed by atoms with Crippen LogP contribution in [0.15, 0.2) is 42.5 Å². The SMILES string of the molecule is CNC(=O)COc1ccc(C[C@H]2COc3c(cccc3OC)C2)cc1. The van der Waals surface area contributed by atoms with E-state index in [1.165, 1.54) is 11.1 Å². The number of hydrogen-bond donors (Lipinski definition) is 1. The molecule has 0 aromatic heterocycles. The summed E-state index contributed by atoms with van der Waals surface area (Å²) >= 11 is 0. The van der Waals surface area contributed by atoms with Gasteiger partial charge in [0, 0.05) is 13.0 Å². The lowest BCUT2D eigenvalue weighted by Gasteiger charge is -2.26. The molecular weight excluding hydrogens is 318 g/mol. The maximum absolute atomic E-state index is 11.2. The topological polar surface area (TPSA) is 56.8 Å². The molecule has 1 aliphatic rings. The zero-order valence-corrected chi connectivity index (χ0v) is 14.6. The van der Waals surface area contributed by atoms with Gasteiger partial charge < -0.3 is 19.5 Å². The first-order valence-electron chi connectivity index (χ1n) is 8.40. The number of likely N-dealkylation sites (N-methyl/N-ethyl adjacent to an activating group) is 1. The largest absolute Gasteiger partial charge is 0.493 e. The average Bonchev–Trinajstić information content (AvgIpc) is 2.66. The van der Waals surface area contributed by atoms with Crippen molar-refractivity contribution < 1.29 is 19.0 Å². The van der Waals surface area contributed by atoms with Crippen molar-refractivity contribution in [3.05, 3.63) is 53.6 Å². The van der Waals surface area contributed by atoms with Crippen LogP contribution < -0.4 is 19.5 Å². The third-order valence-electron chi connectivity index (χ3n) is 4.35. The van der Waals surface area contributed by atoms with Crippen molar-refractivity contribution in [3.8, 4) is 17.2 Å². The van der Waals surface area contributed by atoms with Crippen LogP contribution in [0.3, 0.4) is 0 Å². The van der Waals surface area contributed by atoms with E-state index in [1.54, 1.807) is 14.2 Å². The highest BCUT2D eigenvalue weighted by Gasteiger charge is 2.22. The fourth-order valence-electron chi connectivity index (χ4n) is 3.02. The maximum Gasteiger partial charge on any atom is 0.257 e. The Balaban J connectivity index is 1.59. The zero-order chi connectivity index (χ0) is 17.6. The van der Waals surface area contributed by atoms with Crippen LogP contribution in [-0.4, -0.2) is 33.3 Å². The van der Waals surface area contributed by atoms with Crippen molar-refractivity contribution >= 4 is 5.91 Å². The van der Waals surface area contributed by atoms with Gasteiger partial charge in [0.1, 0.15) is 5.75 Å². The summed E-state index contributed by atoms with van der Waals surface area (Å²) in [5, 5.41) is 2.53. The molecule has 0 radical (unpaired) electrons. The predicted molar refractivity (Wildman–Crippen MR) is 95.4 cm³/mol. The third kappa shape index (κ3) is 4.24. The summed E-state index contributed by atoms with van der Waals surface area (Å²) in [4.78, 5) is 11.2. The molecule has 0 bridgehead atoms. The summed E-state index contributed by atoms with van der Waals surface area (Å²) in [6.07, 6.45) is 1.91. The Bertz CT molecular complexity index is 727. The van der Waals surface area contributed by atoms with Gasteiger partial charge in [-0.25, -0.2) is 0 Å².